The average Bonchev–Trinajstić information content (AvgIpc) is 1.90. The van der Waals surface area contributed by atoms with Gasteiger partial charge in [0.2, 0.25) is 0 Å². The van der Waals surface area contributed by atoms with Crippen LogP contribution in [-0.4, -0.2) is 10.5 Å². The average molecular weight is 256 g/mol. The van der Waals surface area contributed by atoms with Crippen LogP contribution in [0, 0.1) is 11.8 Å². The first-order valence-electron chi connectivity index (χ1n) is 3.97. The van der Waals surface area contributed by atoms with Crippen LogP contribution in [0.15, 0.2) is 0 Å². The summed E-state index contributed by atoms with van der Waals surface area (Å²) < 4.78 is 1.23. The first-order valence-corrected chi connectivity index (χ1v) is 5.61. The summed E-state index contributed by atoms with van der Waals surface area (Å²) in [4.78, 5) is 0. The van der Waals surface area contributed by atoms with Crippen LogP contribution in [0.4, 0.5) is 0 Å². The maximum absolute atomic E-state index is 5.98. The van der Waals surface area contributed by atoms with Crippen molar-refractivity contribution in [3.05, 3.63) is 0 Å². The summed E-state index contributed by atoms with van der Waals surface area (Å²) in [7, 11) is 0. The topological polar surface area (TPSA) is 26.0 Å². The van der Waals surface area contributed by atoms with E-state index in [0.29, 0.717) is 12.0 Å². The summed E-state index contributed by atoms with van der Waals surface area (Å²) in [6.45, 7) is 6.62. The summed E-state index contributed by atoms with van der Waals surface area (Å²) in [5.74, 6) is 1.36. The van der Waals surface area contributed by atoms with Crippen LogP contribution in [-0.2, 0) is 0 Å². The zero-order chi connectivity index (χ0) is 8.15. The van der Waals surface area contributed by atoms with Gasteiger partial charge in [0.05, 0.1) is 0 Å². The minimum Gasteiger partial charge on any atom is -0.327 e. The Morgan fingerprint density at radius 2 is 1.90 bits per heavy atom. The van der Waals surface area contributed by atoms with Gasteiger partial charge in [0.1, 0.15) is 4.43 Å². The Labute approximate surface area is 77.9 Å². The number of rotatable bonds is 4. The predicted octanol–water partition coefficient (Wildman–Crippen LogP) is -1.72. The third-order valence-electron chi connectivity index (χ3n) is 2.05. The van der Waals surface area contributed by atoms with Crippen molar-refractivity contribution in [2.45, 2.75) is 33.2 Å². The first kappa shape index (κ1) is 10.7. The molecule has 0 amide bonds. The molecule has 2 N–H and O–H groups in total. The van der Waals surface area contributed by atoms with Crippen molar-refractivity contribution in [1.82, 2.24) is 0 Å². The molecule has 0 fully saturated rings. The molecule has 0 aliphatic heterocycles. The van der Waals surface area contributed by atoms with E-state index < -0.39 is 0 Å². The highest BCUT2D eigenvalue weighted by Crippen LogP contribution is 2.11. The molecule has 0 radical (unpaired) electrons. The minimum atomic E-state index is 0.401. The van der Waals surface area contributed by atoms with Gasteiger partial charge in [0.15, 0.2) is 0 Å². The van der Waals surface area contributed by atoms with Crippen molar-refractivity contribution in [3.63, 3.8) is 0 Å². The molecule has 0 bridgehead atoms. The highest BCUT2D eigenvalue weighted by Gasteiger charge is 2.20. The van der Waals surface area contributed by atoms with E-state index >= 15 is 0 Å². The standard InChI is InChI=1S/C8H19IN/c1-4-7(5-9)8(10)6(2)3/h6-9H,4-5,10H2,1-3H3/q+1. The summed E-state index contributed by atoms with van der Waals surface area (Å²) in [5, 5.41) is 0. The smallest absolute Gasteiger partial charge is 0.252 e. The Hall–Kier alpha value is 0.690. The van der Waals surface area contributed by atoms with Crippen molar-refractivity contribution >= 4 is 0 Å². The minimum absolute atomic E-state index is 0.401. The molecule has 0 aromatic rings. The van der Waals surface area contributed by atoms with Gasteiger partial charge in [-0.25, -0.2) is 0 Å². The summed E-state index contributed by atoms with van der Waals surface area (Å²) in [6.07, 6.45) is 1.22. The van der Waals surface area contributed by atoms with Crippen LogP contribution in [0.1, 0.15) is 27.2 Å². The van der Waals surface area contributed by atoms with Gasteiger partial charge in [0.25, 0.3) is 22.6 Å². The molecule has 0 saturated heterocycles. The Morgan fingerprint density at radius 3 is 2.00 bits per heavy atom. The van der Waals surface area contributed by atoms with E-state index in [1.54, 1.807) is 0 Å². The number of hydrogen-bond donors (Lipinski definition) is 1. The van der Waals surface area contributed by atoms with Gasteiger partial charge in [-0.15, -0.1) is 0 Å². The highest BCUT2D eigenvalue weighted by atomic mass is 127. The first-order chi connectivity index (χ1) is 4.63. The fraction of sp³-hybridized carbons (Fsp3) is 1.00. The Balaban J connectivity index is 3.76. The Morgan fingerprint density at radius 1 is 1.40 bits per heavy atom. The quantitative estimate of drug-likeness (QED) is 0.470. The van der Waals surface area contributed by atoms with E-state index in [1.165, 1.54) is 10.8 Å². The van der Waals surface area contributed by atoms with Gasteiger partial charge in [-0.2, -0.15) is 0 Å². The fourth-order valence-electron chi connectivity index (χ4n) is 1.05. The second-order valence-electron chi connectivity index (χ2n) is 3.16. The van der Waals surface area contributed by atoms with E-state index in [1.807, 2.05) is 0 Å². The van der Waals surface area contributed by atoms with Crippen LogP contribution in [0.25, 0.3) is 0 Å². The maximum Gasteiger partial charge on any atom is 0.252 e. The maximum atomic E-state index is 5.98. The molecule has 0 rings (SSSR count). The zero-order valence-electron chi connectivity index (χ0n) is 7.13. The highest BCUT2D eigenvalue weighted by molar-refractivity contribution is 4.73. The van der Waals surface area contributed by atoms with E-state index in [2.05, 4.69) is 43.4 Å². The molecule has 0 spiro atoms. The van der Waals surface area contributed by atoms with Crippen molar-refractivity contribution in [2.24, 2.45) is 17.6 Å². The van der Waals surface area contributed by atoms with Crippen LogP contribution < -0.4 is 28.3 Å². The summed E-state index contributed by atoms with van der Waals surface area (Å²) in [5.41, 5.74) is 5.98. The number of hydrogen-bond acceptors (Lipinski definition) is 1. The fourth-order valence-corrected chi connectivity index (χ4v) is 2.35. The van der Waals surface area contributed by atoms with Gasteiger partial charge < -0.3 is 5.73 Å². The monoisotopic (exact) mass is 256 g/mol. The lowest BCUT2D eigenvalue weighted by Crippen LogP contribution is -3.36. The molecule has 1 nitrogen and oxygen atoms in total. The van der Waals surface area contributed by atoms with Crippen LogP contribution in [0.2, 0.25) is 0 Å². The van der Waals surface area contributed by atoms with Crippen molar-refractivity contribution in [1.29, 1.82) is 0 Å². The zero-order valence-corrected chi connectivity index (χ0v) is 9.46. The molecule has 0 aromatic heterocycles. The van der Waals surface area contributed by atoms with Crippen molar-refractivity contribution in [3.8, 4) is 0 Å². The van der Waals surface area contributed by atoms with E-state index in [0.717, 1.165) is 5.92 Å². The van der Waals surface area contributed by atoms with Crippen LogP contribution in [0.5, 0.6) is 0 Å². The molecular formula is C8H19IN+. The van der Waals surface area contributed by atoms with E-state index in [9.17, 15) is 0 Å². The van der Waals surface area contributed by atoms with Crippen LogP contribution >= 0.6 is 0 Å². The Kier molecular flexibility index (Phi) is 5.72. The van der Waals surface area contributed by atoms with Gasteiger partial charge in [-0.1, -0.05) is 20.8 Å². The lowest BCUT2D eigenvalue weighted by molar-refractivity contribution is -0.380. The molecule has 0 aromatic carbocycles. The van der Waals surface area contributed by atoms with Crippen molar-refractivity contribution in [2.75, 3.05) is 4.43 Å². The number of alkyl halides is 1. The second-order valence-corrected chi connectivity index (χ2v) is 4.11. The SMILES string of the molecule is CCC(C[IH+])C(N)C(C)C. The summed E-state index contributed by atoms with van der Waals surface area (Å²) >= 11 is 2.15. The summed E-state index contributed by atoms with van der Waals surface area (Å²) in [6, 6.07) is 0.401. The van der Waals surface area contributed by atoms with Gasteiger partial charge in [0, 0.05) is 12.0 Å². The molecule has 2 heteroatoms. The molecule has 0 saturated carbocycles. The third-order valence-corrected chi connectivity index (χ3v) is 3.27. The van der Waals surface area contributed by atoms with Gasteiger partial charge >= 0.3 is 0 Å². The van der Waals surface area contributed by atoms with E-state index in [-0.39, 0.29) is 0 Å². The Bertz CT molecular complexity index is 79.3. The molecule has 0 aliphatic rings. The predicted molar refractivity (Wildman–Crippen MR) is 42.9 cm³/mol. The third kappa shape index (κ3) is 3.19. The second kappa shape index (κ2) is 5.35. The van der Waals surface area contributed by atoms with Gasteiger partial charge in [-0.05, 0) is 12.3 Å². The lowest BCUT2D eigenvalue weighted by atomic mass is 9.91. The largest absolute Gasteiger partial charge is 0.327 e. The molecule has 0 aliphatic carbocycles. The molecule has 0 heterocycles. The normalized spacial score (nSPS) is 17.4. The molecule has 2 unspecified atom stereocenters. The van der Waals surface area contributed by atoms with E-state index in [4.69, 9.17) is 5.73 Å². The molecule has 2 atom stereocenters. The number of halogens is 1. The van der Waals surface area contributed by atoms with Gasteiger partial charge in [-0.3, -0.25) is 0 Å². The number of nitrogens with two attached hydrogens (primary N) is 1. The van der Waals surface area contributed by atoms with Crippen molar-refractivity contribution < 1.29 is 22.6 Å². The molecule has 62 valence electrons. The van der Waals surface area contributed by atoms with Crippen LogP contribution in [0.3, 0.4) is 0 Å². The lowest BCUT2D eigenvalue weighted by Gasteiger charge is -2.21. The molecular weight excluding hydrogens is 237 g/mol. The molecule has 10 heavy (non-hydrogen) atoms.